The van der Waals surface area contributed by atoms with E-state index in [9.17, 15) is 9.18 Å². The fourth-order valence-electron chi connectivity index (χ4n) is 2.74. The van der Waals surface area contributed by atoms with Crippen LogP contribution >= 0.6 is 0 Å². The Balaban J connectivity index is 1.51. The number of pyridine rings is 1. The van der Waals surface area contributed by atoms with Crippen LogP contribution in [0.15, 0.2) is 54.7 Å². The number of para-hydroxylation sites is 1. The molecule has 1 amide bonds. The van der Waals surface area contributed by atoms with Gasteiger partial charge in [0.05, 0.1) is 12.7 Å². The van der Waals surface area contributed by atoms with E-state index in [-0.39, 0.29) is 12.5 Å². The Morgan fingerprint density at radius 3 is 2.72 bits per heavy atom. The van der Waals surface area contributed by atoms with Crippen molar-refractivity contribution in [2.24, 2.45) is 0 Å². The molecule has 6 nitrogen and oxygen atoms in total. The Hall–Kier alpha value is -3.22. The van der Waals surface area contributed by atoms with Crippen LogP contribution < -0.4 is 9.64 Å². The van der Waals surface area contributed by atoms with E-state index in [1.165, 1.54) is 17.0 Å². The summed E-state index contributed by atoms with van der Waals surface area (Å²) >= 11 is 0. The molecule has 0 aliphatic carbocycles. The zero-order chi connectivity index (χ0) is 17.2. The lowest BCUT2D eigenvalue weighted by Gasteiger charge is -2.26. The minimum Gasteiger partial charge on any atom is -0.487 e. The van der Waals surface area contributed by atoms with Crippen LogP contribution in [0.1, 0.15) is 16.2 Å². The molecule has 7 heteroatoms. The lowest BCUT2D eigenvalue weighted by Crippen LogP contribution is -2.40. The van der Waals surface area contributed by atoms with Gasteiger partial charge >= 0.3 is 0 Å². The van der Waals surface area contributed by atoms with Gasteiger partial charge in [-0.3, -0.25) is 14.4 Å². The van der Waals surface area contributed by atoms with Crippen LogP contribution in [-0.2, 0) is 13.2 Å². The van der Waals surface area contributed by atoms with Crippen LogP contribution in [0.3, 0.4) is 0 Å². The van der Waals surface area contributed by atoms with Gasteiger partial charge in [-0.05, 0) is 30.3 Å². The lowest BCUT2D eigenvalue weighted by molar-refractivity contribution is 0.0961. The van der Waals surface area contributed by atoms with Crippen molar-refractivity contribution < 1.29 is 13.9 Å². The fourth-order valence-corrected chi connectivity index (χ4v) is 2.74. The SMILES string of the molecule is O=C1c2cc(COc3ccccc3)nn2CCN1c1ccc(F)cn1. The number of rotatable bonds is 4. The smallest absolute Gasteiger partial charge is 0.277 e. The van der Waals surface area contributed by atoms with E-state index in [4.69, 9.17) is 4.74 Å². The molecule has 3 aromatic rings. The Morgan fingerprint density at radius 2 is 1.96 bits per heavy atom. The molecular weight excluding hydrogens is 323 g/mol. The molecule has 4 rings (SSSR count). The highest BCUT2D eigenvalue weighted by Gasteiger charge is 2.28. The van der Waals surface area contributed by atoms with Gasteiger partial charge in [0.15, 0.2) is 0 Å². The van der Waals surface area contributed by atoms with E-state index in [0.29, 0.717) is 30.3 Å². The Morgan fingerprint density at radius 1 is 1.12 bits per heavy atom. The van der Waals surface area contributed by atoms with Crippen LogP contribution in [-0.4, -0.2) is 27.2 Å². The Bertz CT molecular complexity index is 893. The number of anilines is 1. The number of carbonyl (C=O) groups is 1. The summed E-state index contributed by atoms with van der Waals surface area (Å²) in [4.78, 5) is 18.2. The molecule has 1 aliphatic rings. The molecule has 1 aliphatic heterocycles. The molecule has 0 unspecified atom stereocenters. The van der Waals surface area contributed by atoms with Crippen molar-refractivity contribution in [3.63, 3.8) is 0 Å². The largest absolute Gasteiger partial charge is 0.487 e. The van der Waals surface area contributed by atoms with Crippen molar-refractivity contribution in [3.05, 3.63) is 71.9 Å². The first-order valence-electron chi connectivity index (χ1n) is 7.89. The third-order valence-corrected chi connectivity index (χ3v) is 3.95. The van der Waals surface area contributed by atoms with Gasteiger partial charge in [-0.1, -0.05) is 18.2 Å². The summed E-state index contributed by atoms with van der Waals surface area (Å²) in [6.45, 7) is 1.27. The van der Waals surface area contributed by atoms with E-state index in [0.717, 1.165) is 11.9 Å². The highest BCUT2D eigenvalue weighted by molar-refractivity contribution is 6.05. The minimum atomic E-state index is -0.432. The summed E-state index contributed by atoms with van der Waals surface area (Å²) in [5.74, 6) is 0.542. The monoisotopic (exact) mass is 338 g/mol. The highest BCUT2D eigenvalue weighted by atomic mass is 19.1. The first kappa shape index (κ1) is 15.3. The van der Waals surface area contributed by atoms with Gasteiger partial charge in [-0.2, -0.15) is 5.10 Å². The van der Waals surface area contributed by atoms with Crippen LogP contribution in [0.2, 0.25) is 0 Å². The van der Waals surface area contributed by atoms with E-state index < -0.39 is 5.82 Å². The lowest BCUT2D eigenvalue weighted by atomic mass is 10.2. The maximum atomic E-state index is 13.0. The first-order chi connectivity index (χ1) is 12.2. The zero-order valence-electron chi connectivity index (χ0n) is 13.3. The Kier molecular flexibility index (Phi) is 3.89. The van der Waals surface area contributed by atoms with E-state index in [2.05, 4.69) is 10.1 Å². The van der Waals surface area contributed by atoms with Crippen molar-refractivity contribution in [2.45, 2.75) is 13.2 Å². The fraction of sp³-hybridized carbons (Fsp3) is 0.167. The molecule has 25 heavy (non-hydrogen) atoms. The molecule has 0 fully saturated rings. The number of halogens is 1. The molecule has 3 heterocycles. The maximum Gasteiger partial charge on any atom is 0.277 e. The number of hydrogen-bond acceptors (Lipinski definition) is 4. The molecule has 0 saturated heterocycles. The maximum absolute atomic E-state index is 13.0. The summed E-state index contributed by atoms with van der Waals surface area (Å²) in [6, 6.07) is 13.9. The molecule has 2 aromatic heterocycles. The molecule has 0 saturated carbocycles. The van der Waals surface area contributed by atoms with Gasteiger partial charge in [-0.15, -0.1) is 0 Å². The van der Waals surface area contributed by atoms with E-state index in [1.807, 2.05) is 30.3 Å². The number of ether oxygens (including phenoxy) is 1. The predicted molar refractivity (Wildman–Crippen MR) is 88.9 cm³/mol. The van der Waals surface area contributed by atoms with Crippen LogP contribution in [0, 0.1) is 5.82 Å². The molecular formula is C18H15FN4O2. The number of carbonyl (C=O) groups excluding carboxylic acids is 1. The van der Waals surface area contributed by atoms with Crippen LogP contribution in [0.25, 0.3) is 0 Å². The number of hydrogen-bond donors (Lipinski definition) is 0. The van der Waals surface area contributed by atoms with Crippen molar-refractivity contribution in [1.29, 1.82) is 0 Å². The topological polar surface area (TPSA) is 60.2 Å². The van der Waals surface area contributed by atoms with Crippen molar-refractivity contribution >= 4 is 11.7 Å². The second-order valence-electron chi connectivity index (χ2n) is 5.64. The van der Waals surface area contributed by atoms with Crippen molar-refractivity contribution in [1.82, 2.24) is 14.8 Å². The highest BCUT2D eigenvalue weighted by Crippen LogP contribution is 2.20. The third-order valence-electron chi connectivity index (χ3n) is 3.95. The second-order valence-corrected chi connectivity index (χ2v) is 5.64. The van der Waals surface area contributed by atoms with Gasteiger partial charge in [0.2, 0.25) is 0 Å². The number of benzene rings is 1. The first-order valence-corrected chi connectivity index (χ1v) is 7.89. The normalized spacial score (nSPS) is 13.6. The van der Waals surface area contributed by atoms with E-state index >= 15 is 0 Å². The molecule has 0 bridgehead atoms. The summed E-state index contributed by atoms with van der Waals surface area (Å²) < 4.78 is 20.4. The summed E-state index contributed by atoms with van der Waals surface area (Å²) in [5, 5.41) is 4.42. The second kappa shape index (κ2) is 6.35. The molecule has 126 valence electrons. The molecule has 0 spiro atoms. The predicted octanol–water partition coefficient (Wildman–Crippen LogP) is 2.66. The minimum absolute atomic E-state index is 0.205. The van der Waals surface area contributed by atoms with Gasteiger partial charge in [-0.25, -0.2) is 9.37 Å². The number of fused-ring (bicyclic) bond motifs is 1. The summed E-state index contributed by atoms with van der Waals surface area (Å²) in [6.07, 6.45) is 1.10. The quantitative estimate of drug-likeness (QED) is 0.734. The zero-order valence-corrected chi connectivity index (χ0v) is 13.3. The van der Waals surface area contributed by atoms with Crippen molar-refractivity contribution in [3.8, 4) is 5.75 Å². The number of aromatic nitrogens is 3. The molecule has 1 aromatic carbocycles. The average molecular weight is 338 g/mol. The average Bonchev–Trinajstić information content (AvgIpc) is 3.06. The summed E-state index contributed by atoms with van der Waals surface area (Å²) in [7, 11) is 0. The van der Waals surface area contributed by atoms with E-state index in [1.54, 1.807) is 10.7 Å². The van der Waals surface area contributed by atoms with Crippen LogP contribution in [0.5, 0.6) is 5.75 Å². The van der Waals surface area contributed by atoms with Gasteiger partial charge in [0.1, 0.15) is 35.4 Å². The standard InChI is InChI=1S/C18H15FN4O2/c19-13-6-7-17(20-11-13)22-8-9-23-16(18(22)24)10-14(21-23)12-25-15-4-2-1-3-5-15/h1-7,10-11H,8-9,12H2. The molecule has 0 radical (unpaired) electrons. The van der Waals surface area contributed by atoms with Crippen molar-refractivity contribution in [2.75, 3.05) is 11.4 Å². The van der Waals surface area contributed by atoms with Crippen LogP contribution in [0.4, 0.5) is 10.2 Å². The summed E-state index contributed by atoms with van der Waals surface area (Å²) in [5.41, 5.74) is 1.16. The third kappa shape index (κ3) is 3.08. The molecule has 0 atom stereocenters. The number of nitrogens with zero attached hydrogens (tertiary/aromatic N) is 4. The van der Waals surface area contributed by atoms with Gasteiger partial charge in [0, 0.05) is 6.54 Å². The number of amides is 1. The van der Waals surface area contributed by atoms with Gasteiger partial charge < -0.3 is 4.74 Å². The van der Waals surface area contributed by atoms with Gasteiger partial charge in [0.25, 0.3) is 5.91 Å². The Labute approximate surface area is 143 Å². The molecule has 0 N–H and O–H groups in total.